The summed E-state index contributed by atoms with van der Waals surface area (Å²) >= 11 is 5.79. The van der Waals surface area contributed by atoms with E-state index in [0.29, 0.717) is 6.42 Å². The summed E-state index contributed by atoms with van der Waals surface area (Å²) in [4.78, 5) is 11.1. The molecule has 1 aromatic rings. The van der Waals surface area contributed by atoms with Crippen molar-refractivity contribution in [3.05, 3.63) is 28.8 Å². The van der Waals surface area contributed by atoms with Crippen molar-refractivity contribution >= 4 is 33.3 Å². The first-order valence-corrected chi connectivity index (χ1v) is 8.07. The van der Waals surface area contributed by atoms with E-state index in [9.17, 15) is 13.2 Å². The van der Waals surface area contributed by atoms with Crippen LogP contribution in [0.4, 0.5) is 5.69 Å². The summed E-state index contributed by atoms with van der Waals surface area (Å²) in [5.74, 6) is -1.36. The third-order valence-electron chi connectivity index (χ3n) is 2.61. The molecule has 1 rings (SSSR count). The summed E-state index contributed by atoms with van der Waals surface area (Å²) in [5.41, 5.74) is -0.383. The van der Waals surface area contributed by atoms with Gasteiger partial charge in [0.25, 0.3) is 0 Å². The largest absolute Gasteiger partial charge is 0.478 e. The first-order valence-electron chi connectivity index (χ1n) is 6.04. The number of aromatic carboxylic acids is 1. The Morgan fingerprint density at radius 2 is 1.95 bits per heavy atom. The second-order valence-corrected chi connectivity index (χ2v) is 7.95. The van der Waals surface area contributed by atoms with Gasteiger partial charge in [0.1, 0.15) is 5.56 Å². The van der Waals surface area contributed by atoms with E-state index in [-0.39, 0.29) is 27.4 Å². The fourth-order valence-corrected chi connectivity index (χ4v) is 3.23. The summed E-state index contributed by atoms with van der Waals surface area (Å²) in [6.45, 7) is 5.81. The molecule has 0 saturated heterocycles. The van der Waals surface area contributed by atoms with Gasteiger partial charge in [0.05, 0.1) is 16.5 Å². The molecule has 0 aliphatic rings. The van der Waals surface area contributed by atoms with Gasteiger partial charge in [-0.25, -0.2) is 13.2 Å². The van der Waals surface area contributed by atoms with Crippen molar-refractivity contribution in [3.63, 3.8) is 0 Å². The predicted molar refractivity (Wildman–Crippen MR) is 79.9 cm³/mol. The van der Waals surface area contributed by atoms with Gasteiger partial charge in [-0.1, -0.05) is 38.4 Å². The van der Waals surface area contributed by atoms with Gasteiger partial charge in [-0.15, -0.1) is 0 Å². The molecule has 0 aliphatic carbocycles. The monoisotopic (exact) mass is 319 g/mol. The van der Waals surface area contributed by atoms with Crippen LogP contribution in [0.15, 0.2) is 18.2 Å². The fourth-order valence-electron chi connectivity index (χ4n) is 1.49. The highest BCUT2D eigenvalue weighted by molar-refractivity contribution is 7.92. The lowest BCUT2D eigenvalue weighted by molar-refractivity contribution is 0.0698. The molecule has 0 radical (unpaired) electrons. The minimum Gasteiger partial charge on any atom is -0.478 e. The normalized spacial score (nSPS) is 12.2. The number of carbonyl (C=O) groups is 1. The molecule has 0 fully saturated rings. The molecule has 5 nitrogen and oxygen atoms in total. The highest BCUT2D eigenvalue weighted by Gasteiger charge is 2.21. The van der Waals surface area contributed by atoms with Crippen LogP contribution in [0.5, 0.6) is 0 Å². The Kier molecular flexibility index (Phi) is 5.05. The van der Waals surface area contributed by atoms with Crippen molar-refractivity contribution in [2.24, 2.45) is 5.41 Å². The number of carboxylic acids is 1. The molecule has 0 amide bonds. The average molecular weight is 320 g/mol. The Hall–Kier alpha value is -1.27. The maximum absolute atomic E-state index is 12.0. The van der Waals surface area contributed by atoms with Crippen LogP contribution in [0.25, 0.3) is 0 Å². The summed E-state index contributed by atoms with van der Waals surface area (Å²) in [6.07, 6.45) is 0.464. The van der Waals surface area contributed by atoms with Crippen molar-refractivity contribution in [1.29, 1.82) is 0 Å². The lowest BCUT2D eigenvalue weighted by atomic mass is 9.94. The van der Waals surface area contributed by atoms with Crippen molar-refractivity contribution in [2.75, 3.05) is 10.5 Å². The summed E-state index contributed by atoms with van der Waals surface area (Å²) < 4.78 is 26.3. The third kappa shape index (κ3) is 5.02. The Bertz CT molecular complexity index is 605. The molecule has 0 spiro atoms. The maximum atomic E-state index is 12.0. The standard InChI is InChI=1S/C13H18ClNO4S/c1-13(2,3)7-8-20(18,19)15-10-6-4-5-9(14)11(10)12(16)17/h4-6,15H,7-8H2,1-3H3,(H,16,17). The number of hydrogen-bond donors (Lipinski definition) is 2. The van der Waals surface area contributed by atoms with E-state index < -0.39 is 16.0 Å². The number of rotatable bonds is 5. The van der Waals surface area contributed by atoms with Gasteiger partial charge in [0.15, 0.2) is 0 Å². The first kappa shape index (κ1) is 16.8. The van der Waals surface area contributed by atoms with Gasteiger partial charge in [-0.05, 0) is 24.0 Å². The van der Waals surface area contributed by atoms with Crippen LogP contribution in [0.3, 0.4) is 0 Å². The molecule has 20 heavy (non-hydrogen) atoms. The quantitative estimate of drug-likeness (QED) is 0.872. The van der Waals surface area contributed by atoms with E-state index in [1.165, 1.54) is 18.2 Å². The molecule has 0 bridgehead atoms. The van der Waals surface area contributed by atoms with Crippen LogP contribution in [0.2, 0.25) is 5.02 Å². The SMILES string of the molecule is CC(C)(C)CCS(=O)(=O)Nc1cccc(Cl)c1C(=O)O. The smallest absolute Gasteiger partial charge is 0.339 e. The van der Waals surface area contributed by atoms with Crippen LogP contribution in [0.1, 0.15) is 37.6 Å². The molecule has 7 heteroatoms. The van der Waals surface area contributed by atoms with Gasteiger partial charge in [0.2, 0.25) is 10.0 Å². The Morgan fingerprint density at radius 1 is 1.35 bits per heavy atom. The van der Waals surface area contributed by atoms with E-state index in [1.807, 2.05) is 20.8 Å². The number of sulfonamides is 1. The van der Waals surface area contributed by atoms with E-state index in [0.717, 1.165) is 0 Å². The average Bonchev–Trinajstić information content (AvgIpc) is 2.24. The van der Waals surface area contributed by atoms with E-state index in [1.54, 1.807) is 0 Å². The number of halogens is 1. The van der Waals surface area contributed by atoms with Crippen molar-refractivity contribution in [2.45, 2.75) is 27.2 Å². The van der Waals surface area contributed by atoms with Gasteiger partial charge in [-0.3, -0.25) is 4.72 Å². The molecule has 0 atom stereocenters. The van der Waals surface area contributed by atoms with Crippen LogP contribution in [-0.2, 0) is 10.0 Å². The van der Waals surface area contributed by atoms with Crippen LogP contribution >= 0.6 is 11.6 Å². The lowest BCUT2D eigenvalue weighted by Crippen LogP contribution is -2.22. The van der Waals surface area contributed by atoms with Crippen molar-refractivity contribution < 1.29 is 18.3 Å². The molecular weight excluding hydrogens is 302 g/mol. The predicted octanol–water partition coefficient (Wildman–Crippen LogP) is 3.22. The Morgan fingerprint density at radius 3 is 2.45 bits per heavy atom. The number of hydrogen-bond acceptors (Lipinski definition) is 3. The zero-order valence-corrected chi connectivity index (χ0v) is 13.2. The molecule has 112 valence electrons. The number of benzene rings is 1. The molecule has 0 saturated carbocycles. The lowest BCUT2D eigenvalue weighted by Gasteiger charge is -2.18. The minimum absolute atomic E-state index is 0.00600. The van der Waals surface area contributed by atoms with Gasteiger partial charge in [-0.2, -0.15) is 0 Å². The highest BCUT2D eigenvalue weighted by atomic mass is 35.5. The Balaban J connectivity index is 2.99. The summed E-state index contributed by atoms with van der Waals surface area (Å²) in [5, 5.41) is 9.08. The molecule has 0 aliphatic heterocycles. The minimum atomic E-state index is -3.61. The zero-order valence-electron chi connectivity index (χ0n) is 11.6. The molecule has 1 aromatic carbocycles. The topological polar surface area (TPSA) is 83.5 Å². The number of carboxylic acid groups (broad SMARTS) is 1. The highest BCUT2D eigenvalue weighted by Crippen LogP contribution is 2.26. The van der Waals surface area contributed by atoms with E-state index in [2.05, 4.69) is 4.72 Å². The zero-order chi connectivity index (χ0) is 15.6. The van der Waals surface area contributed by atoms with Gasteiger partial charge >= 0.3 is 5.97 Å². The molecule has 2 N–H and O–H groups in total. The number of anilines is 1. The second-order valence-electron chi connectivity index (χ2n) is 5.70. The van der Waals surface area contributed by atoms with Gasteiger partial charge in [0, 0.05) is 0 Å². The van der Waals surface area contributed by atoms with Gasteiger partial charge < -0.3 is 5.11 Å². The maximum Gasteiger partial charge on any atom is 0.339 e. The molecule has 0 unspecified atom stereocenters. The van der Waals surface area contributed by atoms with Crippen LogP contribution < -0.4 is 4.72 Å². The van der Waals surface area contributed by atoms with Crippen molar-refractivity contribution in [3.8, 4) is 0 Å². The molecule has 0 aromatic heterocycles. The number of nitrogens with one attached hydrogen (secondary N) is 1. The second kappa shape index (κ2) is 6.01. The van der Waals surface area contributed by atoms with E-state index in [4.69, 9.17) is 16.7 Å². The summed E-state index contributed by atoms with van der Waals surface area (Å²) in [7, 11) is -3.61. The van der Waals surface area contributed by atoms with Crippen LogP contribution in [0, 0.1) is 5.41 Å². The van der Waals surface area contributed by atoms with E-state index >= 15 is 0 Å². The summed E-state index contributed by atoms with van der Waals surface area (Å²) in [6, 6.07) is 4.28. The van der Waals surface area contributed by atoms with Crippen LogP contribution in [-0.4, -0.2) is 25.2 Å². The third-order valence-corrected chi connectivity index (χ3v) is 4.20. The fraction of sp³-hybridized carbons (Fsp3) is 0.462. The first-order chi connectivity index (χ1) is 9.02. The Labute approximate surface area is 124 Å². The molecule has 0 heterocycles. The van der Waals surface area contributed by atoms with Crippen molar-refractivity contribution in [1.82, 2.24) is 0 Å². The molecular formula is C13H18ClNO4S.